The number of pyridine rings is 1. The van der Waals surface area contributed by atoms with E-state index >= 15 is 0 Å². The maximum absolute atomic E-state index is 11.9. The maximum Gasteiger partial charge on any atom is 0.340 e. The van der Waals surface area contributed by atoms with Crippen LogP contribution in [-0.4, -0.2) is 50.2 Å². The second kappa shape index (κ2) is 6.71. The summed E-state index contributed by atoms with van der Waals surface area (Å²) in [4.78, 5) is 32.2. The number of rotatable bonds is 4. The van der Waals surface area contributed by atoms with E-state index in [1.807, 2.05) is 37.3 Å². The van der Waals surface area contributed by atoms with Crippen molar-refractivity contribution in [3.8, 4) is 17.4 Å². The molecule has 3 heterocycles. The smallest absolute Gasteiger partial charge is 0.340 e. The second-order valence-corrected chi connectivity index (χ2v) is 6.64. The highest BCUT2D eigenvalue weighted by Gasteiger charge is 2.33. The molecule has 0 unspecified atom stereocenters. The number of nitrogens with one attached hydrogen (secondary N) is 2. The van der Waals surface area contributed by atoms with E-state index < -0.39 is 5.69 Å². The van der Waals surface area contributed by atoms with E-state index in [0.29, 0.717) is 30.5 Å². The Morgan fingerprint density at radius 1 is 1.37 bits per heavy atom. The quantitative estimate of drug-likeness (QED) is 0.685. The molecule has 0 saturated carbocycles. The molecule has 0 radical (unpaired) electrons. The molecule has 1 aliphatic rings. The van der Waals surface area contributed by atoms with E-state index in [9.17, 15) is 9.59 Å². The minimum Gasteiger partial charge on any atom is -0.472 e. The molecule has 1 aromatic carbocycles. The predicted octanol–water partition coefficient (Wildman–Crippen LogP) is 1.72. The third kappa shape index (κ3) is 3.21. The van der Waals surface area contributed by atoms with E-state index in [2.05, 4.69) is 26.7 Å². The van der Waals surface area contributed by atoms with Gasteiger partial charge >= 0.3 is 5.69 Å². The molecule has 0 bridgehead atoms. The third-order valence-corrected chi connectivity index (χ3v) is 4.74. The number of likely N-dealkylation sites (tertiary alicyclic amines) is 1. The molecule has 1 fully saturated rings. The molecule has 8 heteroatoms. The first kappa shape index (κ1) is 17.0. The van der Waals surface area contributed by atoms with Crippen molar-refractivity contribution in [3.63, 3.8) is 0 Å². The topological polar surface area (TPSA) is 104 Å². The molecule has 8 nitrogen and oxygen atoms in total. The zero-order valence-corrected chi connectivity index (χ0v) is 14.8. The molecule has 2 N–H and O–H groups in total. The summed E-state index contributed by atoms with van der Waals surface area (Å²) in [5.74, 6) is 0.854. The van der Waals surface area contributed by atoms with E-state index in [0.717, 1.165) is 10.8 Å². The van der Waals surface area contributed by atoms with Gasteiger partial charge in [0, 0.05) is 17.8 Å². The number of carbonyl (C=O) groups is 1. The van der Waals surface area contributed by atoms with Crippen LogP contribution in [0.15, 0.2) is 47.8 Å². The lowest BCUT2D eigenvalue weighted by molar-refractivity contribution is -0.125. The number of benzene rings is 1. The fourth-order valence-corrected chi connectivity index (χ4v) is 3.31. The van der Waals surface area contributed by atoms with Crippen LogP contribution in [0, 0.1) is 5.92 Å². The molecular formula is C19H19N5O3. The fourth-order valence-electron chi connectivity index (χ4n) is 3.31. The van der Waals surface area contributed by atoms with Crippen molar-refractivity contribution in [2.24, 2.45) is 5.92 Å². The second-order valence-electron chi connectivity index (χ2n) is 6.64. The van der Waals surface area contributed by atoms with Crippen LogP contribution < -0.4 is 10.4 Å². The lowest BCUT2D eigenvalue weighted by Crippen LogP contribution is -2.29. The molecular weight excluding hydrogens is 346 g/mol. The van der Waals surface area contributed by atoms with Crippen LogP contribution in [0.4, 0.5) is 0 Å². The Bertz CT molecular complexity index is 1070. The number of nitrogens with zero attached hydrogens (tertiary/aromatic N) is 3. The summed E-state index contributed by atoms with van der Waals surface area (Å²) in [5.41, 5.74) is 0.108. The Kier molecular flexibility index (Phi) is 4.23. The molecule has 1 amide bonds. The van der Waals surface area contributed by atoms with Crippen LogP contribution in [0.1, 0.15) is 6.92 Å². The average Bonchev–Trinajstić information content (AvgIpc) is 3.27. The Labute approximate surface area is 154 Å². The number of ether oxygens (including phenoxy) is 1. The molecule has 138 valence electrons. The molecule has 4 rings (SSSR count). The Hall–Kier alpha value is -3.42. The summed E-state index contributed by atoms with van der Waals surface area (Å²) in [6.07, 6.45) is 1.13. The van der Waals surface area contributed by atoms with Crippen LogP contribution >= 0.6 is 0 Å². The van der Waals surface area contributed by atoms with Gasteiger partial charge < -0.3 is 9.64 Å². The standard InChI is InChI=1S/C19H19N5O3/c1-3-16(25)24-9-11(2)15(10-24)27-18-13-7-5-4-6-12(13)8-14(20-18)17-21-19(26)23-22-17/h3-8,11,15H,1,9-10H2,2H3,(H2,21,22,23,26)/t11-,15-/m1/s1. The number of hydrogen-bond donors (Lipinski definition) is 2. The van der Waals surface area contributed by atoms with Crippen LogP contribution in [0.3, 0.4) is 0 Å². The summed E-state index contributed by atoms with van der Waals surface area (Å²) in [6.45, 7) is 6.67. The highest BCUT2D eigenvalue weighted by Crippen LogP contribution is 2.30. The summed E-state index contributed by atoms with van der Waals surface area (Å²) < 4.78 is 6.23. The first-order valence-electron chi connectivity index (χ1n) is 8.68. The van der Waals surface area contributed by atoms with Crippen LogP contribution in [0.5, 0.6) is 5.88 Å². The number of H-pyrrole nitrogens is 2. The van der Waals surface area contributed by atoms with E-state index in [1.54, 1.807) is 4.90 Å². The molecule has 0 aliphatic carbocycles. The minimum atomic E-state index is -0.398. The first-order valence-corrected chi connectivity index (χ1v) is 8.68. The number of amides is 1. The van der Waals surface area contributed by atoms with Gasteiger partial charge in [0.15, 0.2) is 5.82 Å². The number of carbonyl (C=O) groups excluding carboxylic acids is 1. The zero-order valence-electron chi connectivity index (χ0n) is 14.8. The number of aromatic nitrogens is 4. The monoisotopic (exact) mass is 365 g/mol. The van der Waals surface area contributed by atoms with Gasteiger partial charge in [-0.3, -0.25) is 9.78 Å². The number of aromatic amines is 2. The molecule has 1 aliphatic heterocycles. The molecule has 1 saturated heterocycles. The average molecular weight is 365 g/mol. The van der Waals surface area contributed by atoms with Crippen molar-refractivity contribution < 1.29 is 9.53 Å². The molecule has 27 heavy (non-hydrogen) atoms. The summed E-state index contributed by atoms with van der Waals surface area (Å²) in [6, 6.07) is 9.56. The van der Waals surface area contributed by atoms with Crippen molar-refractivity contribution in [2.45, 2.75) is 13.0 Å². The normalized spacial score (nSPS) is 19.4. The van der Waals surface area contributed by atoms with Crippen molar-refractivity contribution in [3.05, 3.63) is 53.5 Å². The molecule has 2 aromatic heterocycles. The van der Waals surface area contributed by atoms with Gasteiger partial charge in [-0.25, -0.2) is 14.9 Å². The van der Waals surface area contributed by atoms with Gasteiger partial charge in [0.1, 0.15) is 11.8 Å². The van der Waals surface area contributed by atoms with Crippen molar-refractivity contribution in [2.75, 3.05) is 13.1 Å². The van der Waals surface area contributed by atoms with Crippen molar-refractivity contribution in [1.82, 2.24) is 25.1 Å². The van der Waals surface area contributed by atoms with Crippen LogP contribution in [-0.2, 0) is 4.79 Å². The Balaban J connectivity index is 1.71. The highest BCUT2D eigenvalue weighted by atomic mass is 16.5. The zero-order chi connectivity index (χ0) is 19.0. The van der Waals surface area contributed by atoms with Crippen molar-refractivity contribution >= 4 is 16.7 Å². The first-order chi connectivity index (χ1) is 13.0. The van der Waals surface area contributed by atoms with Gasteiger partial charge in [-0.15, -0.1) is 0 Å². The molecule has 2 atom stereocenters. The van der Waals surface area contributed by atoms with Crippen LogP contribution in [0.2, 0.25) is 0 Å². The van der Waals surface area contributed by atoms with E-state index in [4.69, 9.17) is 4.74 Å². The van der Waals surface area contributed by atoms with Gasteiger partial charge in [-0.1, -0.05) is 31.7 Å². The van der Waals surface area contributed by atoms with E-state index in [1.165, 1.54) is 6.08 Å². The van der Waals surface area contributed by atoms with Crippen LogP contribution in [0.25, 0.3) is 22.3 Å². The minimum absolute atomic E-state index is 0.103. The van der Waals surface area contributed by atoms with Gasteiger partial charge in [0.05, 0.1) is 6.54 Å². The number of fused-ring (bicyclic) bond motifs is 1. The summed E-state index contributed by atoms with van der Waals surface area (Å²) in [5, 5.41) is 8.08. The van der Waals surface area contributed by atoms with E-state index in [-0.39, 0.29) is 17.9 Å². The largest absolute Gasteiger partial charge is 0.472 e. The van der Waals surface area contributed by atoms with Gasteiger partial charge in [-0.2, -0.15) is 5.10 Å². The number of hydrogen-bond acceptors (Lipinski definition) is 5. The van der Waals surface area contributed by atoms with Crippen molar-refractivity contribution in [1.29, 1.82) is 0 Å². The SMILES string of the molecule is C=CC(=O)N1C[C@@H](C)[C@H](Oc2nc(-c3n[nH]c(=O)[nH]3)cc3ccccc23)C1. The molecule has 3 aromatic rings. The lowest BCUT2D eigenvalue weighted by Gasteiger charge is -2.18. The fraction of sp³-hybridized carbons (Fsp3) is 0.263. The predicted molar refractivity (Wildman–Crippen MR) is 100 cm³/mol. The Morgan fingerprint density at radius 2 is 2.19 bits per heavy atom. The summed E-state index contributed by atoms with van der Waals surface area (Å²) in [7, 11) is 0. The van der Waals surface area contributed by atoms with Gasteiger partial charge in [0.25, 0.3) is 0 Å². The Morgan fingerprint density at radius 3 is 2.93 bits per heavy atom. The molecule has 0 spiro atoms. The lowest BCUT2D eigenvalue weighted by atomic mass is 10.1. The maximum atomic E-state index is 11.9. The highest BCUT2D eigenvalue weighted by molar-refractivity contribution is 5.89. The third-order valence-electron chi connectivity index (χ3n) is 4.74. The van der Waals surface area contributed by atoms with Gasteiger partial charge in [-0.05, 0) is 23.6 Å². The summed E-state index contributed by atoms with van der Waals surface area (Å²) >= 11 is 0. The van der Waals surface area contributed by atoms with Gasteiger partial charge in [0.2, 0.25) is 11.8 Å².